The number of rotatable bonds is 7. The summed E-state index contributed by atoms with van der Waals surface area (Å²) in [6.45, 7) is 4.80. The molecule has 0 bridgehead atoms. The van der Waals surface area contributed by atoms with Crippen molar-refractivity contribution in [2.45, 2.75) is 37.7 Å². The van der Waals surface area contributed by atoms with Crippen LogP contribution in [0.4, 0.5) is 0 Å². The van der Waals surface area contributed by atoms with Gasteiger partial charge in [0.15, 0.2) is 5.16 Å². The zero-order valence-corrected chi connectivity index (χ0v) is 11.3. The zero-order chi connectivity index (χ0) is 12.8. The molecule has 0 radical (unpaired) electrons. The first-order chi connectivity index (χ1) is 8.10. The zero-order valence-electron chi connectivity index (χ0n) is 10.5. The Morgan fingerprint density at radius 3 is 2.71 bits per heavy atom. The van der Waals surface area contributed by atoms with Crippen LogP contribution in [0.5, 0.6) is 0 Å². The average molecular weight is 260 g/mol. The van der Waals surface area contributed by atoms with E-state index in [0.717, 1.165) is 11.0 Å². The van der Waals surface area contributed by atoms with E-state index in [1.807, 2.05) is 4.57 Å². The molecule has 1 aromatic rings. The van der Waals surface area contributed by atoms with Crippen LogP contribution in [0, 0.1) is 0 Å². The third-order valence-corrected chi connectivity index (χ3v) is 3.29. The smallest absolute Gasteiger partial charge is 0.191 e. The summed E-state index contributed by atoms with van der Waals surface area (Å²) in [7, 11) is 1.57. The molecule has 0 aromatic carbocycles. The van der Waals surface area contributed by atoms with Crippen molar-refractivity contribution in [3.63, 3.8) is 0 Å². The standard InChI is InChI=1S/C10H20N4O2S/c1-7(2)14-9(4-11)12-13-10(14)17-6-8(15)5-16-3/h7-8,15H,4-6,11H2,1-3H3. The first kappa shape index (κ1) is 14.4. The Morgan fingerprint density at radius 2 is 2.18 bits per heavy atom. The number of aliphatic hydroxyl groups is 1. The maximum Gasteiger partial charge on any atom is 0.191 e. The fraction of sp³-hybridized carbons (Fsp3) is 0.800. The Balaban J connectivity index is 2.67. The van der Waals surface area contributed by atoms with Gasteiger partial charge in [-0.2, -0.15) is 0 Å². The first-order valence-electron chi connectivity index (χ1n) is 5.53. The molecule has 0 amide bonds. The molecule has 1 atom stereocenters. The second-order valence-corrected chi connectivity index (χ2v) is 4.97. The minimum atomic E-state index is -0.497. The number of nitrogens with zero attached hydrogens (tertiary/aromatic N) is 3. The Bertz CT molecular complexity index is 343. The van der Waals surface area contributed by atoms with Crippen LogP contribution < -0.4 is 5.73 Å². The Morgan fingerprint density at radius 1 is 1.47 bits per heavy atom. The Hall–Kier alpha value is -0.630. The van der Waals surface area contributed by atoms with E-state index in [0.29, 0.717) is 18.9 Å². The SMILES string of the molecule is COCC(O)CSc1nnc(CN)n1C(C)C. The van der Waals surface area contributed by atoms with Crippen LogP contribution in [0.3, 0.4) is 0 Å². The molecule has 1 unspecified atom stereocenters. The quantitative estimate of drug-likeness (QED) is 0.691. The molecule has 17 heavy (non-hydrogen) atoms. The van der Waals surface area contributed by atoms with Crippen LogP contribution in [0.2, 0.25) is 0 Å². The summed E-state index contributed by atoms with van der Waals surface area (Å²) in [6, 6.07) is 0.255. The van der Waals surface area contributed by atoms with Crippen molar-refractivity contribution in [3.8, 4) is 0 Å². The largest absolute Gasteiger partial charge is 0.390 e. The van der Waals surface area contributed by atoms with Crippen molar-refractivity contribution in [1.29, 1.82) is 0 Å². The lowest BCUT2D eigenvalue weighted by Crippen LogP contribution is -2.17. The third kappa shape index (κ3) is 3.95. The maximum atomic E-state index is 9.58. The third-order valence-electron chi connectivity index (χ3n) is 2.20. The fourth-order valence-corrected chi connectivity index (χ4v) is 2.47. The van der Waals surface area contributed by atoms with Crippen LogP contribution in [0.25, 0.3) is 0 Å². The molecule has 6 nitrogen and oxygen atoms in total. The fourth-order valence-electron chi connectivity index (χ4n) is 1.47. The van der Waals surface area contributed by atoms with Crippen molar-refractivity contribution < 1.29 is 9.84 Å². The molecule has 0 spiro atoms. The molecule has 98 valence electrons. The Kier molecular flexibility index (Phi) is 5.90. The molecule has 1 rings (SSSR count). The summed E-state index contributed by atoms with van der Waals surface area (Å²) in [4.78, 5) is 0. The number of ether oxygens (including phenoxy) is 1. The van der Waals surface area contributed by atoms with E-state index >= 15 is 0 Å². The van der Waals surface area contributed by atoms with Gasteiger partial charge in [-0.15, -0.1) is 10.2 Å². The highest BCUT2D eigenvalue weighted by Gasteiger charge is 2.15. The second-order valence-electron chi connectivity index (χ2n) is 3.99. The van der Waals surface area contributed by atoms with Gasteiger partial charge >= 0.3 is 0 Å². The molecule has 0 aliphatic carbocycles. The van der Waals surface area contributed by atoms with Gasteiger partial charge in [-0.05, 0) is 13.8 Å². The van der Waals surface area contributed by atoms with E-state index in [1.54, 1.807) is 7.11 Å². The summed E-state index contributed by atoms with van der Waals surface area (Å²) in [5.74, 6) is 1.30. The summed E-state index contributed by atoms with van der Waals surface area (Å²) >= 11 is 1.46. The second kappa shape index (κ2) is 6.95. The number of aromatic nitrogens is 3. The average Bonchev–Trinajstić information content (AvgIpc) is 2.69. The van der Waals surface area contributed by atoms with Crippen molar-refractivity contribution in [2.75, 3.05) is 19.5 Å². The predicted molar refractivity (Wildman–Crippen MR) is 66.9 cm³/mol. The molecule has 1 aromatic heterocycles. The van der Waals surface area contributed by atoms with Gasteiger partial charge in [0.2, 0.25) is 0 Å². The highest BCUT2D eigenvalue weighted by atomic mass is 32.2. The van der Waals surface area contributed by atoms with Crippen LogP contribution in [-0.4, -0.2) is 45.4 Å². The molecular formula is C10H20N4O2S. The molecule has 1 heterocycles. The molecule has 0 aliphatic heterocycles. The van der Waals surface area contributed by atoms with Crippen LogP contribution in [0.1, 0.15) is 25.7 Å². The van der Waals surface area contributed by atoms with E-state index in [9.17, 15) is 5.11 Å². The lowest BCUT2D eigenvalue weighted by atomic mass is 10.4. The van der Waals surface area contributed by atoms with E-state index in [2.05, 4.69) is 24.0 Å². The topological polar surface area (TPSA) is 86.2 Å². The summed E-state index contributed by atoms with van der Waals surface area (Å²) in [5.41, 5.74) is 5.60. The van der Waals surface area contributed by atoms with Crippen molar-refractivity contribution >= 4 is 11.8 Å². The molecule has 0 fully saturated rings. The normalized spacial score (nSPS) is 13.3. The Labute approximate surface area is 106 Å². The minimum absolute atomic E-state index is 0.255. The van der Waals surface area contributed by atoms with Gasteiger partial charge < -0.3 is 20.1 Å². The number of aliphatic hydroxyl groups excluding tert-OH is 1. The predicted octanol–water partition coefficient (Wildman–Crippen LogP) is 0.417. The number of thioether (sulfide) groups is 1. The van der Waals surface area contributed by atoms with Crippen LogP contribution >= 0.6 is 11.8 Å². The number of hydrogen-bond donors (Lipinski definition) is 2. The number of hydrogen-bond acceptors (Lipinski definition) is 6. The summed E-state index contributed by atoms with van der Waals surface area (Å²) in [5, 5.41) is 18.5. The highest BCUT2D eigenvalue weighted by molar-refractivity contribution is 7.99. The van der Waals surface area contributed by atoms with E-state index in [4.69, 9.17) is 10.5 Å². The first-order valence-corrected chi connectivity index (χ1v) is 6.52. The summed E-state index contributed by atoms with van der Waals surface area (Å²) in [6.07, 6.45) is -0.497. The van der Waals surface area contributed by atoms with Crippen molar-refractivity contribution in [2.24, 2.45) is 5.73 Å². The van der Waals surface area contributed by atoms with Gasteiger partial charge in [0.25, 0.3) is 0 Å². The number of nitrogens with two attached hydrogens (primary N) is 1. The number of methoxy groups -OCH3 is 1. The lowest BCUT2D eigenvalue weighted by molar-refractivity contribution is 0.0793. The lowest BCUT2D eigenvalue weighted by Gasteiger charge is -2.14. The van der Waals surface area contributed by atoms with Crippen LogP contribution in [0.15, 0.2) is 5.16 Å². The molecule has 0 aliphatic rings. The van der Waals surface area contributed by atoms with Crippen molar-refractivity contribution in [3.05, 3.63) is 5.82 Å². The summed E-state index contributed by atoms with van der Waals surface area (Å²) < 4.78 is 6.86. The monoisotopic (exact) mass is 260 g/mol. The maximum absolute atomic E-state index is 9.58. The van der Waals surface area contributed by atoms with Gasteiger partial charge in [-0.1, -0.05) is 11.8 Å². The van der Waals surface area contributed by atoms with Gasteiger partial charge in [0.05, 0.1) is 19.3 Å². The minimum Gasteiger partial charge on any atom is -0.390 e. The molecule has 0 saturated carbocycles. The van der Waals surface area contributed by atoms with Gasteiger partial charge in [0, 0.05) is 18.9 Å². The van der Waals surface area contributed by atoms with Gasteiger partial charge in [0.1, 0.15) is 5.82 Å². The van der Waals surface area contributed by atoms with E-state index in [1.165, 1.54) is 11.8 Å². The molecular weight excluding hydrogens is 240 g/mol. The molecule has 3 N–H and O–H groups in total. The van der Waals surface area contributed by atoms with E-state index in [-0.39, 0.29) is 6.04 Å². The molecule has 7 heteroatoms. The van der Waals surface area contributed by atoms with E-state index < -0.39 is 6.10 Å². The van der Waals surface area contributed by atoms with Gasteiger partial charge in [-0.3, -0.25) is 0 Å². The highest BCUT2D eigenvalue weighted by Crippen LogP contribution is 2.21. The van der Waals surface area contributed by atoms with Gasteiger partial charge in [-0.25, -0.2) is 0 Å². The molecule has 0 saturated heterocycles. The van der Waals surface area contributed by atoms with Crippen molar-refractivity contribution in [1.82, 2.24) is 14.8 Å². The van der Waals surface area contributed by atoms with Crippen LogP contribution in [-0.2, 0) is 11.3 Å².